The summed E-state index contributed by atoms with van der Waals surface area (Å²) in [5.74, 6) is 1.36. The molecule has 1 aromatic heterocycles. The lowest BCUT2D eigenvalue weighted by Crippen LogP contribution is -1.97. The van der Waals surface area contributed by atoms with Crippen LogP contribution in [0, 0.1) is 18.3 Å². The molecule has 0 unspecified atom stereocenters. The quantitative estimate of drug-likeness (QED) is 0.894. The Morgan fingerprint density at radius 2 is 2.11 bits per heavy atom. The van der Waals surface area contributed by atoms with Crippen molar-refractivity contribution in [1.29, 1.82) is 5.26 Å². The number of pyridine rings is 1. The number of aromatic nitrogens is 1. The zero-order chi connectivity index (χ0) is 13.0. The van der Waals surface area contributed by atoms with Crippen molar-refractivity contribution in [3.63, 3.8) is 0 Å². The summed E-state index contributed by atoms with van der Waals surface area (Å²) in [6.45, 7) is 2.00. The Labute approximate surface area is 106 Å². The van der Waals surface area contributed by atoms with E-state index in [0.717, 1.165) is 17.0 Å². The Morgan fingerprint density at radius 1 is 1.28 bits per heavy atom. The average molecular weight is 239 g/mol. The predicted octanol–water partition coefficient (Wildman–Crippen LogP) is 3.01. The molecule has 4 heteroatoms. The molecule has 0 aliphatic heterocycles. The standard InChI is InChI=1S/C14H13N3O/c1-10-3-4-13(18-2)12(7-10)17-14-8-11(9-15)5-6-16-14/h3-8H,1-2H3,(H,16,17). The first-order chi connectivity index (χ1) is 8.72. The Bertz CT molecular complexity index is 602. The van der Waals surface area contributed by atoms with E-state index in [1.165, 1.54) is 0 Å². The van der Waals surface area contributed by atoms with Gasteiger partial charge in [0.15, 0.2) is 0 Å². The van der Waals surface area contributed by atoms with Crippen molar-refractivity contribution in [2.24, 2.45) is 0 Å². The van der Waals surface area contributed by atoms with Gasteiger partial charge in [0.25, 0.3) is 0 Å². The minimum Gasteiger partial charge on any atom is -0.495 e. The van der Waals surface area contributed by atoms with Crippen LogP contribution in [0.25, 0.3) is 0 Å². The first-order valence-corrected chi connectivity index (χ1v) is 5.51. The van der Waals surface area contributed by atoms with Gasteiger partial charge in [0.1, 0.15) is 11.6 Å². The lowest BCUT2D eigenvalue weighted by atomic mass is 10.2. The van der Waals surface area contributed by atoms with Crippen molar-refractivity contribution in [3.05, 3.63) is 47.7 Å². The van der Waals surface area contributed by atoms with Gasteiger partial charge < -0.3 is 10.1 Å². The van der Waals surface area contributed by atoms with Gasteiger partial charge in [0, 0.05) is 6.20 Å². The molecule has 0 atom stereocenters. The first kappa shape index (κ1) is 11.9. The molecule has 0 bridgehead atoms. The molecule has 0 fully saturated rings. The molecule has 90 valence electrons. The largest absolute Gasteiger partial charge is 0.495 e. The van der Waals surface area contributed by atoms with Crippen molar-refractivity contribution in [1.82, 2.24) is 4.98 Å². The smallest absolute Gasteiger partial charge is 0.142 e. The molecule has 0 spiro atoms. The van der Waals surface area contributed by atoms with Crippen LogP contribution in [0.2, 0.25) is 0 Å². The van der Waals surface area contributed by atoms with Crippen LogP contribution in [0.5, 0.6) is 5.75 Å². The molecular weight excluding hydrogens is 226 g/mol. The number of anilines is 2. The molecule has 4 nitrogen and oxygen atoms in total. The van der Waals surface area contributed by atoms with Crippen LogP contribution in [0.1, 0.15) is 11.1 Å². The molecule has 2 rings (SSSR count). The summed E-state index contributed by atoms with van der Waals surface area (Å²) in [5, 5.41) is 12.0. The number of benzene rings is 1. The Hall–Kier alpha value is -2.54. The highest BCUT2D eigenvalue weighted by Crippen LogP contribution is 2.27. The summed E-state index contributed by atoms with van der Waals surface area (Å²) in [5.41, 5.74) is 2.52. The molecular formula is C14H13N3O. The minimum atomic E-state index is 0.569. The highest BCUT2D eigenvalue weighted by Gasteiger charge is 2.04. The Morgan fingerprint density at radius 3 is 2.83 bits per heavy atom. The van der Waals surface area contributed by atoms with Crippen LogP contribution < -0.4 is 10.1 Å². The number of aryl methyl sites for hydroxylation is 1. The van der Waals surface area contributed by atoms with Crippen LogP contribution in [0.15, 0.2) is 36.5 Å². The van der Waals surface area contributed by atoms with Gasteiger partial charge in [0.2, 0.25) is 0 Å². The van der Waals surface area contributed by atoms with Crippen LogP contribution >= 0.6 is 0 Å². The average Bonchev–Trinajstić information content (AvgIpc) is 2.39. The Balaban J connectivity index is 2.33. The third kappa shape index (κ3) is 2.58. The molecule has 2 aromatic rings. The fourth-order valence-electron chi connectivity index (χ4n) is 1.63. The second-order valence-corrected chi connectivity index (χ2v) is 3.87. The van der Waals surface area contributed by atoms with Crippen LogP contribution in [-0.4, -0.2) is 12.1 Å². The van der Waals surface area contributed by atoms with E-state index in [-0.39, 0.29) is 0 Å². The maximum atomic E-state index is 8.84. The summed E-state index contributed by atoms with van der Waals surface area (Å²) in [6, 6.07) is 11.3. The van der Waals surface area contributed by atoms with Gasteiger partial charge in [-0.05, 0) is 36.8 Å². The van der Waals surface area contributed by atoms with Gasteiger partial charge in [-0.15, -0.1) is 0 Å². The van der Waals surface area contributed by atoms with Crippen molar-refractivity contribution < 1.29 is 4.74 Å². The van der Waals surface area contributed by atoms with Gasteiger partial charge in [-0.3, -0.25) is 0 Å². The molecule has 0 aliphatic carbocycles. The normalized spacial score (nSPS) is 9.61. The van der Waals surface area contributed by atoms with Gasteiger partial charge in [-0.2, -0.15) is 5.26 Å². The first-order valence-electron chi connectivity index (χ1n) is 5.51. The number of nitrogens with zero attached hydrogens (tertiary/aromatic N) is 2. The van der Waals surface area contributed by atoms with E-state index in [0.29, 0.717) is 11.4 Å². The fraction of sp³-hybridized carbons (Fsp3) is 0.143. The number of hydrogen-bond donors (Lipinski definition) is 1. The summed E-state index contributed by atoms with van der Waals surface area (Å²) in [4.78, 5) is 4.17. The molecule has 1 N–H and O–H groups in total. The summed E-state index contributed by atoms with van der Waals surface area (Å²) in [7, 11) is 1.62. The van der Waals surface area contributed by atoms with Crippen molar-refractivity contribution in [3.8, 4) is 11.8 Å². The second-order valence-electron chi connectivity index (χ2n) is 3.87. The highest BCUT2D eigenvalue weighted by atomic mass is 16.5. The third-order valence-corrected chi connectivity index (χ3v) is 2.51. The molecule has 18 heavy (non-hydrogen) atoms. The van der Waals surface area contributed by atoms with E-state index in [2.05, 4.69) is 16.4 Å². The SMILES string of the molecule is COc1ccc(C)cc1Nc1cc(C#N)ccn1. The molecule has 0 saturated heterocycles. The lowest BCUT2D eigenvalue weighted by molar-refractivity contribution is 0.416. The molecule has 1 heterocycles. The van der Waals surface area contributed by atoms with E-state index in [4.69, 9.17) is 10.00 Å². The Kier molecular flexibility index (Phi) is 3.44. The van der Waals surface area contributed by atoms with Gasteiger partial charge in [-0.25, -0.2) is 4.98 Å². The molecule has 0 amide bonds. The lowest BCUT2D eigenvalue weighted by Gasteiger charge is -2.11. The van der Waals surface area contributed by atoms with Gasteiger partial charge >= 0.3 is 0 Å². The third-order valence-electron chi connectivity index (χ3n) is 2.51. The van der Waals surface area contributed by atoms with E-state index in [1.54, 1.807) is 25.4 Å². The second kappa shape index (κ2) is 5.19. The monoisotopic (exact) mass is 239 g/mol. The minimum absolute atomic E-state index is 0.569. The topological polar surface area (TPSA) is 57.9 Å². The van der Waals surface area contributed by atoms with E-state index in [9.17, 15) is 0 Å². The number of nitriles is 1. The zero-order valence-corrected chi connectivity index (χ0v) is 10.3. The summed E-state index contributed by atoms with van der Waals surface area (Å²) < 4.78 is 5.27. The van der Waals surface area contributed by atoms with Crippen molar-refractivity contribution in [2.75, 3.05) is 12.4 Å². The van der Waals surface area contributed by atoms with Crippen LogP contribution in [-0.2, 0) is 0 Å². The number of nitrogens with one attached hydrogen (secondary N) is 1. The molecule has 0 radical (unpaired) electrons. The highest BCUT2D eigenvalue weighted by molar-refractivity contribution is 5.65. The van der Waals surface area contributed by atoms with Gasteiger partial charge in [-0.1, -0.05) is 6.07 Å². The van der Waals surface area contributed by atoms with Crippen LogP contribution in [0.3, 0.4) is 0 Å². The van der Waals surface area contributed by atoms with E-state index >= 15 is 0 Å². The zero-order valence-electron chi connectivity index (χ0n) is 10.3. The fourth-order valence-corrected chi connectivity index (χ4v) is 1.63. The summed E-state index contributed by atoms with van der Waals surface area (Å²) >= 11 is 0. The molecule has 0 saturated carbocycles. The van der Waals surface area contributed by atoms with Gasteiger partial charge in [0.05, 0.1) is 24.4 Å². The molecule has 0 aliphatic rings. The maximum Gasteiger partial charge on any atom is 0.142 e. The van der Waals surface area contributed by atoms with Crippen molar-refractivity contribution >= 4 is 11.5 Å². The number of hydrogen-bond acceptors (Lipinski definition) is 4. The molecule has 1 aromatic carbocycles. The summed E-state index contributed by atoms with van der Waals surface area (Å²) in [6.07, 6.45) is 1.60. The maximum absolute atomic E-state index is 8.84. The number of methoxy groups -OCH3 is 1. The van der Waals surface area contributed by atoms with E-state index < -0.39 is 0 Å². The predicted molar refractivity (Wildman–Crippen MR) is 70.0 cm³/mol. The van der Waals surface area contributed by atoms with Crippen molar-refractivity contribution in [2.45, 2.75) is 6.92 Å². The van der Waals surface area contributed by atoms with Crippen LogP contribution in [0.4, 0.5) is 11.5 Å². The number of ether oxygens (including phenoxy) is 1. The van der Waals surface area contributed by atoms with E-state index in [1.807, 2.05) is 25.1 Å². The number of rotatable bonds is 3.